The first-order valence-corrected chi connectivity index (χ1v) is 11.3. The van der Waals surface area contributed by atoms with Crippen molar-refractivity contribution in [3.05, 3.63) is 46.4 Å². The molecule has 0 saturated heterocycles. The molecule has 2 aromatic rings. The molecule has 3 N–H and O–H groups in total. The van der Waals surface area contributed by atoms with E-state index in [9.17, 15) is 14.4 Å². The minimum absolute atomic E-state index is 0.000324. The van der Waals surface area contributed by atoms with E-state index in [0.29, 0.717) is 30.0 Å². The highest BCUT2D eigenvalue weighted by molar-refractivity contribution is 7.99. The summed E-state index contributed by atoms with van der Waals surface area (Å²) in [6.45, 7) is 4.79. The number of imide groups is 1. The van der Waals surface area contributed by atoms with Crippen LogP contribution < -0.4 is 16.3 Å². The van der Waals surface area contributed by atoms with E-state index in [4.69, 9.17) is 0 Å². The maximum absolute atomic E-state index is 12.2. The molecule has 1 heterocycles. The molecule has 3 rings (SSSR count). The van der Waals surface area contributed by atoms with Gasteiger partial charge >= 0.3 is 11.7 Å². The lowest BCUT2D eigenvalue weighted by Gasteiger charge is -2.34. The second-order valence-corrected chi connectivity index (χ2v) is 8.83. The molecule has 1 aromatic heterocycles. The Morgan fingerprint density at radius 3 is 2.77 bits per heavy atom. The number of rotatable bonds is 7. The monoisotopic (exact) mass is 431 g/mol. The first kappa shape index (κ1) is 22.1. The third kappa shape index (κ3) is 5.98. The van der Waals surface area contributed by atoms with Crippen LogP contribution in [0, 0.1) is 11.8 Å². The zero-order chi connectivity index (χ0) is 21.5. The van der Waals surface area contributed by atoms with Gasteiger partial charge in [0.2, 0.25) is 5.91 Å². The van der Waals surface area contributed by atoms with E-state index in [2.05, 4.69) is 34.7 Å². The fourth-order valence-corrected chi connectivity index (χ4v) is 4.55. The summed E-state index contributed by atoms with van der Waals surface area (Å²) in [5, 5.41) is 12.2. The minimum Gasteiger partial charge on any atom is -0.335 e. The minimum atomic E-state index is -0.463. The van der Waals surface area contributed by atoms with Gasteiger partial charge in [-0.1, -0.05) is 68.8 Å². The van der Waals surface area contributed by atoms with Crippen LogP contribution >= 0.6 is 11.8 Å². The van der Waals surface area contributed by atoms with E-state index in [1.165, 1.54) is 11.0 Å². The molecule has 0 spiro atoms. The molecule has 162 valence electrons. The average Bonchev–Trinajstić information content (AvgIpc) is 3.08. The highest BCUT2D eigenvalue weighted by atomic mass is 32.2. The van der Waals surface area contributed by atoms with E-state index in [1.807, 2.05) is 30.3 Å². The van der Waals surface area contributed by atoms with Gasteiger partial charge in [-0.3, -0.25) is 14.7 Å². The standard InChI is InChI=1S/C21H29N5O3S/c1-14-7-6-10-17(15(14)2)22-19(28)23-18(27)13-30-21-25-24-20(29)26(21)12-11-16-8-4-3-5-9-16/h3-5,8-9,14-15,17H,6-7,10-13H2,1-2H3,(H,24,29)(H2,22,23,27,28)/t14-,15-,17-/m1/s1. The highest BCUT2D eigenvalue weighted by Crippen LogP contribution is 2.29. The third-order valence-corrected chi connectivity index (χ3v) is 6.78. The van der Waals surface area contributed by atoms with E-state index in [-0.39, 0.29) is 17.5 Å². The molecule has 0 unspecified atom stereocenters. The van der Waals surface area contributed by atoms with Crippen molar-refractivity contribution in [3.63, 3.8) is 0 Å². The van der Waals surface area contributed by atoms with Crippen molar-refractivity contribution in [2.45, 2.75) is 57.3 Å². The molecule has 1 saturated carbocycles. The number of nitrogens with zero attached hydrogens (tertiary/aromatic N) is 2. The normalized spacial score (nSPS) is 21.2. The lowest BCUT2D eigenvalue weighted by atomic mass is 9.78. The Hall–Kier alpha value is -2.55. The number of nitrogens with one attached hydrogen (secondary N) is 3. The first-order chi connectivity index (χ1) is 14.4. The van der Waals surface area contributed by atoms with Crippen molar-refractivity contribution in [1.29, 1.82) is 0 Å². The fraction of sp³-hybridized carbons (Fsp3) is 0.524. The van der Waals surface area contributed by atoms with Gasteiger partial charge in [0, 0.05) is 12.6 Å². The predicted molar refractivity (Wildman–Crippen MR) is 116 cm³/mol. The highest BCUT2D eigenvalue weighted by Gasteiger charge is 2.28. The number of benzene rings is 1. The van der Waals surface area contributed by atoms with Gasteiger partial charge in [0.15, 0.2) is 5.16 Å². The number of aromatic nitrogens is 3. The molecule has 1 aromatic carbocycles. The molecule has 0 radical (unpaired) electrons. The Kier molecular flexibility index (Phi) is 7.73. The summed E-state index contributed by atoms with van der Waals surface area (Å²) >= 11 is 1.13. The molecule has 8 nitrogen and oxygen atoms in total. The number of hydrogen-bond donors (Lipinski definition) is 3. The number of thioether (sulfide) groups is 1. The fourth-order valence-electron chi connectivity index (χ4n) is 3.78. The largest absolute Gasteiger partial charge is 0.343 e. The van der Waals surface area contributed by atoms with E-state index >= 15 is 0 Å². The van der Waals surface area contributed by atoms with Gasteiger partial charge < -0.3 is 5.32 Å². The third-order valence-electron chi connectivity index (χ3n) is 5.80. The molecule has 30 heavy (non-hydrogen) atoms. The lowest BCUT2D eigenvalue weighted by molar-refractivity contribution is -0.117. The number of hydrogen-bond acceptors (Lipinski definition) is 5. The van der Waals surface area contributed by atoms with Crippen LogP contribution in [0.3, 0.4) is 0 Å². The molecule has 3 amide bonds. The zero-order valence-electron chi connectivity index (χ0n) is 17.4. The number of urea groups is 1. The quantitative estimate of drug-likeness (QED) is 0.584. The second-order valence-electron chi connectivity index (χ2n) is 7.88. The Morgan fingerprint density at radius 2 is 2.00 bits per heavy atom. The number of H-pyrrole nitrogens is 1. The SMILES string of the molecule is C[C@@H]1[C@H](C)CCC[C@H]1NC(=O)NC(=O)CSc1n[nH]c(=O)n1CCc1ccccc1. The number of aromatic amines is 1. The van der Waals surface area contributed by atoms with Crippen LogP contribution in [-0.2, 0) is 17.8 Å². The van der Waals surface area contributed by atoms with Crippen LogP contribution in [-0.4, -0.2) is 38.5 Å². The molecular weight excluding hydrogens is 402 g/mol. The van der Waals surface area contributed by atoms with Gasteiger partial charge in [0.1, 0.15) is 0 Å². The Bertz CT molecular complexity index is 911. The molecule has 1 aliphatic carbocycles. The van der Waals surface area contributed by atoms with Gasteiger partial charge in [-0.15, -0.1) is 5.10 Å². The van der Waals surface area contributed by atoms with Crippen molar-refractivity contribution in [3.8, 4) is 0 Å². The molecule has 3 atom stereocenters. The van der Waals surface area contributed by atoms with Gasteiger partial charge in [0.05, 0.1) is 5.75 Å². The Morgan fingerprint density at radius 1 is 1.23 bits per heavy atom. The van der Waals surface area contributed by atoms with Crippen molar-refractivity contribution in [2.75, 3.05) is 5.75 Å². The second kappa shape index (κ2) is 10.5. The van der Waals surface area contributed by atoms with E-state index in [0.717, 1.165) is 30.2 Å². The summed E-state index contributed by atoms with van der Waals surface area (Å²) in [4.78, 5) is 36.4. The maximum Gasteiger partial charge on any atom is 0.343 e. The first-order valence-electron chi connectivity index (χ1n) is 10.4. The summed E-state index contributed by atoms with van der Waals surface area (Å²) < 4.78 is 1.51. The molecule has 1 fully saturated rings. The molecule has 0 bridgehead atoms. The van der Waals surface area contributed by atoms with E-state index in [1.54, 1.807) is 0 Å². The number of amides is 3. The van der Waals surface area contributed by atoms with Gasteiger partial charge in [-0.05, 0) is 30.2 Å². The summed E-state index contributed by atoms with van der Waals surface area (Å²) in [5.41, 5.74) is 0.800. The zero-order valence-corrected chi connectivity index (χ0v) is 18.2. The topological polar surface area (TPSA) is 109 Å². The van der Waals surface area contributed by atoms with Crippen molar-refractivity contribution in [2.24, 2.45) is 11.8 Å². The Balaban J connectivity index is 1.47. The van der Waals surface area contributed by atoms with Crippen molar-refractivity contribution in [1.82, 2.24) is 25.4 Å². The van der Waals surface area contributed by atoms with Gasteiger partial charge in [-0.25, -0.2) is 14.7 Å². The van der Waals surface area contributed by atoms with Gasteiger partial charge in [0.25, 0.3) is 0 Å². The number of carbonyl (C=O) groups excluding carboxylic acids is 2. The Labute approximate surface area is 180 Å². The molecule has 1 aliphatic rings. The van der Waals surface area contributed by atoms with E-state index < -0.39 is 11.9 Å². The molecule has 9 heteroatoms. The van der Waals surface area contributed by atoms with Crippen LogP contribution in [0.1, 0.15) is 38.7 Å². The van der Waals surface area contributed by atoms with Crippen LogP contribution in [0.2, 0.25) is 0 Å². The van der Waals surface area contributed by atoms with Crippen molar-refractivity contribution >= 4 is 23.7 Å². The van der Waals surface area contributed by atoms with Crippen LogP contribution in [0.5, 0.6) is 0 Å². The predicted octanol–water partition coefficient (Wildman–Crippen LogP) is 2.56. The van der Waals surface area contributed by atoms with Gasteiger partial charge in [-0.2, -0.15) is 0 Å². The smallest absolute Gasteiger partial charge is 0.335 e. The summed E-state index contributed by atoms with van der Waals surface area (Å²) in [7, 11) is 0. The average molecular weight is 432 g/mol. The molecule has 0 aliphatic heterocycles. The molecular formula is C21H29N5O3S. The van der Waals surface area contributed by atoms with Crippen molar-refractivity contribution < 1.29 is 9.59 Å². The number of carbonyl (C=O) groups is 2. The lowest BCUT2D eigenvalue weighted by Crippen LogP contribution is -2.49. The van der Waals surface area contributed by atoms with Crippen LogP contribution in [0.15, 0.2) is 40.3 Å². The maximum atomic E-state index is 12.2. The summed E-state index contributed by atoms with van der Waals surface area (Å²) in [6, 6.07) is 9.47. The van der Waals surface area contributed by atoms with Crippen LogP contribution in [0.25, 0.3) is 0 Å². The van der Waals surface area contributed by atoms with Crippen LogP contribution in [0.4, 0.5) is 4.79 Å². The number of aryl methyl sites for hydroxylation is 1. The summed E-state index contributed by atoms with van der Waals surface area (Å²) in [5.74, 6) is 0.526. The summed E-state index contributed by atoms with van der Waals surface area (Å²) in [6.07, 6.45) is 3.87.